The number of nitrogens with one attached hydrogen (secondary N) is 2. The predicted octanol–water partition coefficient (Wildman–Crippen LogP) is 2.61. The van der Waals surface area contributed by atoms with Gasteiger partial charge in [-0.05, 0) is 44.4 Å². The van der Waals surface area contributed by atoms with Gasteiger partial charge in [-0.15, -0.1) is 24.0 Å². The summed E-state index contributed by atoms with van der Waals surface area (Å²) in [6.07, 6.45) is 2.56. The fraction of sp³-hybridized carbons (Fsp3) is 0.650. The van der Waals surface area contributed by atoms with Crippen molar-refractivity contribution >= 4 is 35.6 Å². The number of nitrogens with zero attached hydrogens (tertiary/aromatic N) is 2. The summed E-state index contributed by atoms with van der Waals surface area (Å²) in [5.74, 6) is 0.571. The van der Waals surface area contributed by atoms with Gasteiger partial charge in [0, 0.05) is 51.0 Å². The number of anilines is 1. The number of halogens is 2. The van der Waals surface area contributed by atoms with Crippen LogP contribution in [0, 0.1) is 11.2 Å². The molecule has 1 heterocycles. The van der Waals surface area contributed by atoms with Crippen LogP contribution >= 0.6 is 24.0 Å². The SMILES string of the molecule is CCNC(=NCC1(CCO)CCOC1)NCCCN(C)c1cccc(F)c1.I. The minimum Gasteiger partial charge on any atom is -0.396 e. The topological polar surface area (TPSA) is 69.1 Å². The van der Waals surface area contributed by atoms with Crippen molar-refractivity contribution in [3.8, 4) is 0 Å². The summed E-state index contributed by atoms with van der Waals surface area (Å²) < 4.78 is 18.8. The summed E-state index contributed by atoms with van der Waals surface area (Å²) in [4.78, 5) is 6.76. The molecule has 1 aromatic carbocycles. The lowest BCUT2D eigenvalue weighted by atomic mass is 9.84. The summed E-state index contributed by atoms with van der Waals surface area (Å²) in [5, 5.41) is 16.0. The molecule has 1 unspecified atom stereocenters. The molecule has 0 spiro atoms. The van der Waals surface area contributed by atoms with Crippen LogP contribution in [0.2, 0.25) is 0 Å². The lowest BCUT2D eigenvalue weighted by Gasteiger charge is -2.25. The van der Waals surface area contributed by atoms with Gasteiger partial charge in [-0.3, -0.25) is 4.99 Å². The van der Waals surface area contributed by atoms with E-state index < -0.39 is 0 Å². The second-order valence-corrected chi connectivity index (χ2v) is 7.15. The van der Waals surface area contributed by atoms with Crippen LogP contribution in [0.1, 0.15) is 26.2 Å². The van der Waals surface area contributed by atoms with Crippen molar-refractivity contribution in [2.24, 2.45) is 10.4 Å². The van der Waals surface area contributed by atoms with Crippen LogP contribution in [0.5, 0.6) is 0 Å². The summed E-state index contributed by atoms with van der Waals surface area (Å²) in [6.45, 7) is 6.63. The Hall–Kier alpha value is -1.13. The summed E-state index contributed by atoms with van der Waals surface area (Å²) >= 11 is 0. The zero-order valence-electron chi connectivity index (χ0n) is 16.9. The zero-order valence-corrected chi connectivity index (χ0v) is 19.2. The summed E-state index contributed by atoms with van der Waals surface area (Å²) in [6, 6.07) is 6.64. The Morgan fingerprint density at radius 2 is 2.21 bits per heavy atom. The molecule has 1 aliphatic heterocycles. The van der Waals surface area contributed by atoms with Crippen LogP contribution in [0.25, 0.3) is 0 Å². The minimum absolute atomic E-state index is 0. The van der Waals surface area contributed by atoms with Crippen LogP contribution in [-0.4, -0.2) is 64.1 Å². The van der Waals surface area contributed by atoms with E-state index in [9.17, 15) is 9.50 Å². The number of benzene rings is 1. The van der Waals surface area contributed by atoms with Gasteiger partial charge in [-0.1, -0.05) is 6.07 Å². The van der Waals surface area contributed by atoms with Crippen LogP contribution in [0.3, 0.4) is 0 Å². The van der Waals surface area contributed by atoms with Gasteiger partial charge in [0.1, 0.15) is 5.82 Å². The molecule has 0 amide bonds. The van der Waals surface area contributed by atoms with E-state index >= 15 is 0 Å². The first-order chi connectivity index (χ1) is 13.1. The molecule has 28 heavy (non-hydrogen) atoms. The van der Waals surface area contributed by atoms with E-state index in [0.717, 1.165) is 50.7 Å². The average molecular weight is 508 g/mol. The molecule has 3 N–H and O–H groups in total. The Balaban J connectivity index is 0.00000392. The van der Waals surface area contributed by atoms with Crippen LogP contribution < -0.4 is 15.5 Å². The van der Waals surface area contributed by atoms with Crippen molar-refractivity contribution < 1.29 is 14.2 Å². The number of aliphatic hydroxyl groups is 1. The Bertz CT molecular complexity index is 597. The summed E-state index contributed by atoms with van der Waals surface area (Å²) in [5.41, 5.74) is 0.831. The molecule has 1 atom stereocenters. The molecule has 0 saturated carbocycles. The molecular weight excluding hydrogens is 474 g/mol. The van der Waals surface area contributed by atoms with E-state index in [-0.39, 0.29) is 41.8 Å². The minimum atomic E-state index is -0.216. The normalized spacial score (nSPS) is 19.2. The maximum atomic E-state index is 13.3. The van der Waals surface area contributed by atoms with Crippen molar-refractivity contribution in [3.63, 3.8) is 0 Å². The molecule has 0 radical (unpaired) electrons. The van der Waals surface area contributed by atoms with E-state index in [1.54, 1.807) is 12.1 Å². The Labute approximate surface area is 185 Å². The predicted molar refractivity (Wildman–Crippen MR) is 123 cm³/mol. The van der Waals surface area contributed by atoms with Gasteiger partial charge in [0.15, 0.2) is 5.96 Å². The van der Waals surface area contributed by atoms with Crippen LogP contribution in [0.15, 0.2) is 29.3 Å². The first-order valence-corrected chi connectivity index (χ1v) is 9.76. The molecule has 1 fully saturated rings. The fourth-order valence-corrected chi connectivity index (χ4v) is 3.24. The first-order valence-electron chi connectivity index (χ1n) is 9.76. The lowest BCUT2D eigenvalue weighted by molar-refractivity contribution is 0.131. The fourth-order valence-electron chi connectivity index (χ4n) is 3.24. The van der Waals surface area contributed by atoms with E-state index in [4.69, 9.17) is 9.73 Å². The highest BCUT2D eigenvalue weighted by molar-refractivity contribution is 14.0. The number of guanidine groups is 1. The third-order valence-electron chi connectivity index (χ3n) is 4.96. The highest BCUT2D eigenvalue weighted by Crippen LogP contribution is 2.32. The third kappa shape index (κ3) is 8.08. The Kier molecular flexibility index (Phi) is 11.7. The molecule has 160 valence electrons. The molecule has 0 aromatic heterocycles. The molecule has 1 saturated heterocycles. The number of aliphatic hydroxyl groups excluding tert-OH is 1. The highest BCUT2D eigenvalue weighted by atomic mass is 127. The number of aliphatic imine (C=N–C) groups is 1. The van der Waals surface area contributed by atoms with Crippen molar-refractivity contribution in [1.82, 2.24) is 10.6 Å². The zero-order chi connectivity index (χ0) is 19.5. The molecule has 0 aliphatic carbocycles. The molecule has 6 nitrogen and oxygen atoms in total. The van der Waals surface area contributed by atoms with Gasteiger partial charge >= 0.3 is 0 Å². The van der Waals surface area contributed by atoms with Gasteiger partial charge in [0.25, 0.3) is 0 Å². The van der Waals surface area contributed by atoms with Crippen molar-refractivity contribution in [2.75, 3.05) is 57.9 Å². The van der Waals surface area contributed by atoms with E-state index in [2.05, 4.69) is 10.6 Å². The van der Waals surface area contributed by atoms with Crippen molar-refractivity contribution in [3.05, 3.63) is 30.1 Å². The van der Waals surface area contributed by atoms with E-state index in [0.29, 0.717) is 19.6 Å². The Morgan fingerprint density at radius 3 is 2.86 bits per heavy atom. The number of ether oxygens (including phenoxy) is 1. The van der Waals surface area contributed by atoms with Crippen molar-refractivity contribution in [2.45, 2.75) is 26.2 Å². The maximum absolute atomic E-state index is 13.3. The average Bonchev–Trinajstić information content (AvgIpc) is 3.12. The van der Waals surface area contributed by atoms with Gasteiger partial charge in [-0.2, -0.15) is 0 Å². The monoisotopic (exact) mass is 508 g/mol. The number of hydrogen-bond acceptors (Lipinski definition) is 4. The lowest BCUT2D eigenvalue weighted by Crippen LogP contribution is -2.40. The second-order valence-electron chi connectivity index (χ2n) is 7.15. The smallest absolute Gasteiger partial charge is 0.191 e. The first kappa shape index (κ1) is 24.9. The van der Waals surface area contributed by atoms with Gasteiger partial charge < -0.3 is 25.4 Å². The van der Waals surface area contributed by atoms with Gasteiger partial charge in [0.05, 0.1) is 13.2 Å². The van der Waals surface area contributed by atoms with Gasteiger partial charge in [-0.25, -0.2) is 4.39 Å². The third-order valence-corrected chi connectivity index (χ3v) is 4.96. The van der Waals surface area contributed by atoms with E-state index in [1.165, 1.54) is 6.07 Å². The van der Waals surface area contributed by atoms with Crippen LogP contribution in [-0.2, 0) is 4.74 Å². The second kappa shape index (κ2) is 13.2. The molecular formula is C20H34FIN4O2. The number of rotatable bonds is 10. The standard InChI is InChI=1S/C20H33FN4O2.HI/c1-3-22-19(24-15-20(8-12-26)9-13-27-16-20)23-10-5-11-25(2)18-7-4-6-17(21)14-18;/h4,6-7,14,26H,3,5,8-13,15-16H2,1-2H3,(H2,22,23,24);1H. The number of hydrogen-bond donors (Lipinski definition) is 3. The molecule has 2 rings (SSSR count). The quantitative estimate of drug-likeness (QED) is 0.196. The molecule has 8 heteroatoms. The van der Waals surface area contributed by atoms with E-state index in [1.807, 2.05) is 24.9 Å². The van der Waals surface area contributed by atoms with Crippen LogP contribution in [0.4, 0.5) is 10.1 Å². The van der Waals surface area contributed by atoms with Gasteiger partial charge in [0.2, 0.25) is 0 Å². The highest BCUT2D eigenvalue weighted by Gasteiger charge is 2.34. The Morgan fingerprint density at radius 1 is 1.39 bits per heavy atom. The molecule has 1 aromatic rings. The summed E-state index contributed by atoms with van der Waals surface area (Å²) in [7, 11) is 1.97. The molecule has 0 bridgehead atoms. The largest absolute Gasteiger partial charge is 0.396 e. The maximum Gasteiger partial charge on any atom is 0.191 e. The molecule has 1 aliphatic rings. The van der Waals surface area contributed by atoms with Crippen molar-refractivity contribution in [1.29, 1.82) is 0 Å².